The molecule has 124 valence electrons. The van der Waals surface area contributed by atoms with E-state index in [-0.39, 0.29) is 10.6 Å². The zero-order valence-electron chi connectivity index (χ0n) is 13.1. The number of anilines is 1. The standard InChI is InChI=1S/C16H16F3NO2S/c1-8-5-9(2)11(4)16(10(8)3)23(21,22)20-12-6-13(17)15(19)14(18)7-12/h5-7,20H,1-4H3. The van der Waals surface area contributed by atoms with Crippen LogP contribution in [0, 0.1) is 45.1 Å². The van der Waals surface area contributed by atoms with Crippen molar-refractivity contribution in [1.29, 1.82) is 0 Å². The molecule has 2 rings (SSSR count). The maximum Gasteiger partial charge on any atom is 0.262 e. The predicted molar refractivity (Wildman–Crippen MR) is 82.5 cm³/mol. The molecule has 0 aliphatic carbocycles. The van der Waals surface area contributed by atoms with Gasteiger partial charge >= 0.3 is 0 Å². The van der Waals surface area contributed by atoms with Crippen molar-refractivity contribution in [2.45, 2.75) is 32.6 Å². The predicted octanol–water partition coefficient (Wildman–Crippen LogP) is 4.14. The molecule has 0 spiro atoms. The molecule has 23 heavy (non-hydrogen) atoms. The Morgan fingerprint density at radius 2 is 1.26 bits per heavy atom. The minimum Gasteiger partial charge on any atom is -0.279 e. The number of halogens is 3. The highest BCUT2D eigenvalue weighted by Gasteiger charge is 2.23. The molecule has 0 aliphatic heterocycles. The van der Waals surface area contributed by atoms with E-state index in [1.165, 1.54) is 0 Å². The van der Waals surface area contributed by atoms with Crippen molar-refractivity contribution < 1.29 is 21.6 Å². The summed E-state index contributed by atoms with van der Waals surface area (Å²) in [4.78, 5) is 0.0557. The Hall–Kier alpha value is -2.02. The normalized spacial score (nSPS) is 11.6. The quantitative estimate of drug-likeness (QED) is 0.852. The monoisotopic (exact) mass is 343 g/mol. The smallest absolute Gasteiger partial charge is 0.262 e. The van der Waals surface area contributed by atoms with Gasteiger partial charge in [-0.25, -0.2) is 21.6 Å². The molecule has 0 atom stereocenters. The van der Waals surface area contributed by atoms with Gasteiger partial charge in [-0.05, 0) is 49.9 Å². The van der Waals surface area contributed by atoms with Crippen LogP contribution in [0.25, 0.3) is 0 Å². The van der Waals surface area contributed by atoms with Crippen LogP contribution < -0.4 is 4.72 Å². The summed E-state index contributed by atoms with van der Waals surface area (Å²) in [7, 11) is -4.07. The first-order chi connectivity index (χ1) is 10.5. The summed E-state index contributed by atoms with van der Waals surface area (Å²) < 4.78 is 66.8. The van der Waals surface area contributed by atoms with Crippen LogP contribution in [0.15, 0.2) is 23.1 Å². The van der Waals surface area contributed by atoms with E-state index in [1.807, 2.05) is 6.07 Å². The zero-order chi connectivity index (χ0) is 17.5. The largest absolute Gasteiger partial charge is 0.279 e. The number of aryl methyl sites for hydroxylation is 2. The number of benzene rings is 2. The van der Waals surface area contributed by atoms with Crippen molar-refractivity contribution in [2.75, 3.05) is 4.72 Å². The highest BCUT2D eigenvalue weighted by atomic mass is 32.2. The molecule has 0 amide bonds. The average molecular weight is 343 g/mol. The number of hydrogen-bond donors (Lipinski definition) is 1. The van der Waals surface area contributed by atoms with Crippen LogP contribution in [-0.2, 0) is 10.0 Å². The molecule has 0 radical (unpaired) electrons. The molecule has 3 nitrogen and oxygen atoms in total. The van der Waals surface area contributed by atoms with Crippen LogP contribution in [-0.4, -0.2) is 8.42 Å². The third kappa shape index (κ3) is 3.19. The Kier molecular flexibility index (Phi) is 4.43. The van der Waals surface area contributed by atoms with Gasteiger partial charge in [0, 0.05) is 12.1 Å². The van der Waals surface area contributed by atoms with Gasteiger partial charge in [-0.1, -0.05) is 6.07 Å². The van der Waals surface area contributed by atoms with Gasteiger partial charge in [0.2, 0.25) is 0 Å². The van der Waals surface area contributed by atoms with Gasteiger partial charge in [-0.2, -0.15) is 0 Å². The molecule has 2 aromatic rings. The van der Waals surface area contributed by atoms with Crippen molar-refractivity contribution in [3.05, 3.63) is 57.9 Å². The van der Waals surface area contributed by atoms with Gasteiger partial charge < -0.3 is 0 Å². The average Bonchev–Trinajstić information content (AvgIpc) is 2.42. The summed E-state index contributed by atoms with van der Waals surface area (Å²) in [6, 6.07) is 3.06. The molecule has 2 aromatic carbocycles. The molecule has 0 saturated heterocycles. The second kappa shape index (κ2) is 5.88. The molecule has 0 fully saturated rings. The lowest BCUT2D eigenvalue weighted by Crippen LogP contribution is -2.17. The molecule has 1 N–H and O–H groups in total. The summed E-state index contributed by atoms with van der Waals surface area (Å²) in [6.07, 6.45) is 0. The Morgan fingerprint density at radius 3 is 1.70 bits per heavy atom. The van der Waals surface area contributed by atoms with Crippen molar-refractivity contribution in [2.24, 2.45) is 0 Å². The second-order valence-electron chi connectivity index (χ2n) is 5.45. The first-order valence-electron chi connectivity index (χ1n) is 6.79. The highest BCUT2D eigenvalue weighted by molar-refractivity contribution is 7.92. The number of sulfonamides is 1. The molecular formula is C16H16F3NO2S. The molecular weight excluding hydrogens is 327 g/mol. The summed E-state index contributed by atoms with van der Waals surface area (Å²) in [6.45, 7) is 6.86. The van der Waals surface area contributed by atoms with Crippen LogP contribution in [0.3, 0.4) is 0 Å². The van der Waals surface area contributed by atoms with E-state index < -0.39 is 27.5 Å². The lowest BCUT2D eigenvalue weighted by atomic mass is 10.0. The third-order valence-corrected chi connectivity index (χ3v) is 5.46. The van der Waals surface area contributed by atoms with Gasteiger partial charge in [-0.3, -0.25) is 4.72 Å². The minimum atomic E-state index is -4.07. The fourth-order valence-electron chi connectivity index (χ4n) is 2.40. The van der Waals surface area contributed by atoms with E-state index in [0.29, 0.717) is 23.3 Å². The summed E-state index contributed by atoms with van der Waals surface area (Å²) >= 11 is 0. The lowest BCUT2D eigenvalue weighted by Gasteiger charge is -2.17. The second-order valence-corrected chi connectivity index (χ2v) is 7.07. The zero-order valence-corrected chi connectivity index (χ0v) is 13.9. The van der Waals surface area contributed by atoms with Gasteiger partial charge in [0.25, 0.3) is 10.0 Å². The van der Waals surface area contributed by atoms with E-state index in [4.69, 9.17) is 0 Å². The van der Waals surface area contributed by atoms with Gasteiger partial charge in [-0.15, -0.1) is 0 Å². The summed E-state index contributed by atoms with van der Waals surface area (Å²) in [5.74, 6) is -4.57. The molecule has 0 heterocycles. The number of nitrogens with one attached hydrogen (secondary N) is 1. The summed E-state index contributed by atoms with van der Waals surface area (Å²) in [5, 5.41) is 0. The van der Waals surface area contributed by atoms with Crippen LogP contribution in [0.5, 0.6) is 0 Å². The van der Waals surface area contributed by atoms with Crippen molar-refractivity contribution >= 4 is 15.7 Å². The molecule has 0 aliphatic rings. The molecule has 7 heteroatoms. The van der Waals surface area contributed by atoms with Gasteiger partial charge in [0.15, 0.2) is 17.5 Å². The SMILES string of the molecule is Cc1cc(C)c(C)c(S(=O)(=O)Nc2cc(F)c(F)c(F)c2)c1C. The van der Waals surface area contributed by atoms with Gasteiger partial charge in [0.05, 0.1) is 10.6 Å². The minimum absolute atomic E-state index is 0.0557. The van der Waals surface area contributed by atoms with Crippen molar-refractivity contribution in [3.8, 4) is 0 Å². The number of rotatable bonds is 3. The number of hydrogen-bond acceptors (Lipinski definition) is 2. The van der Waals surface area contributed by atoms with Gasteiger partial charge in [0.1, 0.15) is 0 Å². The highest BCUT2D eigenvalue weighted by Crippen LogP contribution is 2.28. The van der Waals surface area contributed by atoms with E-state index in [0.717, 1.165) is 11.1 Å². The fraction of sp³-hybridized carbons (Fsp3) is 0.250. The van der Waals surface area contributed by atoms with Crippen LogP contribution in [0.4, 0.5) is 18.9 Å². The molecule has 0 saturated carbocycles. The Labute approximate surface area is 133 Å². The van der Waals surface area contributed by atoms with Crippen LogP contribution in [0.1, 0.15) is 22.3 Å². The Morgan fingerprint density at radius 1 is 0.826 bits per heavy atom. The Bertz CT molecular complexity index is 843. The van der Waals surface area contributed by atoms with E-state index in [9.17, 15) is 21.6 Å². The lowest BCUT2D eigenvalue weighted by molar-refractivity contribution is 0.448. The fourth-order valence-corrected chi connectivity index (χ4v) is 4.06. The molecule has 0 unspecified atom stereocenters. The van der Waals surface area contributed by atoms with E-state index >= 15 is 0 Å². The van der Waals surface area contributed by atoms with Crippen LogP contribution in [0.2, 0.25) is 0 Å². The van der Waals surface area contributed by atoms with E-state index in [1.54, 1.807) is 27.7 Å². The summed E-state index contributed by atoms with van der Waals surface area (Å²) in [5.41, 5.74) is 2.28. The van der Waals surface area contributed by atoms with Crippen molar-refractivity contribution in [1.82, 2.24) is 0 Å². The van der Waals surface area contributed by atoms with Crippen molar-refractivity contribution in [3.63, 3.8) is 0 Å². The maximum absolute atomic E-state index is 13.3. The maximum atomic E-state index is 13.3. The first kappa shape index (κ1) is 17.3. The third-order valence-electron chi connectivity index (χ3n) is 3.80. The van der Waals surface area contributed by atoms with E-state index in [2.05, 4.69) is 4.72 Å². The Balaban J connectivity index is 2.57. The topological polar surface area (TPSA) is 46.2 Å². The molecule has 0 bridgehead atoms. The first-order valence-corrected chi connectivity index (χ1v) is 8.27. The van der Waals surface area contributed by atoms with Crippen LogP contribution >= 0.6 is 0 Å². The molecule has 0 aromatic heterocycles.